The highest BCUT2D eigenvalue weighted by Gasteiger charge is 2.08. The minimum absolute atomic E-state index is 0.172. The number of hydrogen-bond acceptors (Lipinski definition) is 6. The second-order valence-corrected chi connectivity index (χ2v) is 4.01. The first-order valence-corrected chi connectivity index (χ1v) is 6.12. The van der Waals surface area contributed by atoms with Gasteiger partial charge in [0.1, 0.15) is 0 Å². The highest BCUT2D eigenvalue weighted by atomic mass is 16.7. The van der Waals surface area contributed by atoms with Crippen LogP contribution in [0.15, 0.2) is 36.5 Å². The summed E-state index contributed by atoms with van der Waals surface area (Å²) in [6.07, 6.45) is 0.792. The predicted octanol–water partition coefficient (Wildman–Crippen LogP) is 2.91. The normalized spacial score (nSPS) is 9.86. The van der Waals surface area contributed by atoms with E-state index in [9.17, 15) is 4.79 Å². The van der Waals surface area contributed by atoms with E-state index in [1.807, 2.05) is 18.2 Å². The van der Waals surface area contributed by atoms with Crippen LogP contribution in [0, 0.1) is 0 Å². The van der Waals surface area contributed by atoms with E-state index in [-0.39, 0.29) is 5.88 Å². The van der Waals surface area contributed by atoms with Gasteiger partial charge < -0.3 is 18.9 Å². The van der Waals surface area contributed by atoms with Crippen molar-refractivity contribution in [3.05, 3.63) is 36.5 Å². The van der Waals surface area contributed by atoms with Crippen molar-refractivity contribution >= 4 is 6.16 Å². The molecular weight excluding hydrogens is 274 g/mol. The van der Waals surface area contributed by atoms with Gasteiger partial charge in [-0.3, -0.25) is 0 Å². The first kappa shape index (κ1) is 14.6. The third-order valence-electron chi connectivity index (χ3n) is 2.81. The summed E-state index contributed by atoms with van der Waals surface area (Å²) in [7, 11) is 4.39. The number of aromatic nitrogens is 1. The molecule has 6 nitrogen and oxygen atoms in total. The number of carbonyl (C=O) groups excluding carboxylic acids is 1. The maximum Gasteiger partial charge on any atom is 0.514 e. The lowest BCUT2D eigenvalue weighted by atomic mass is 10.1. The number of pyridine rings is 1. The van der Waals surface area contributed by atoms with Gasteiger partial charge in [0, 0.05) is 17.8 Å². The summed E-state index contributed by atoms with van der Waals surface area (Å²) in [6, 6.07) is 8.92. The van der Waals surface area contributed by atoms with E-state index in [0.717, 1.165) is 11.1 Å². The third kappa shape index (κ3) is 3.42. The topological polar surface area (TPSA) is 66.9 Å². The van der Waals surface area contributed by atoms with Crippen LogP contribution in [0.25, 0.3) is 11.1 Å². The SMILES string of the molecule is COC(=O)Oc1ccc(-c2ccc(OC)c(OC)c2)cn1. The molecule has 0 aliphatic carbocycles. The second kappa shape index (κ2) is 6.60. The van der Waals surface area contributed by atoms with Crippen LogP contribution in [-0.4, -0.2) is 32.5 Å². The Balaban J connectivity index is 2.24. The molecule has 0 fully saturated rings. The van der Waals surface area contributed by atoms with Crippen LogP contribution in [0.5, 0.6) is 17.4 Å². The van der Waals surface area contributed by atoms with Gasteiger partial charge in [-0.15, -0.1) is 0 Å². The predicted molar refractivity (Wildman–Crippen MR) is 75.8 cm³/mol. The lowest BCUT2D eigenvalue weighted by molar-refractivity contribution is 0.119. The van der Waals surface area contributed by atoms with Crippen molar-refractivity contribution in [2.24, 2.45) is 0 Å². The first-order valence-electron chi connectivity index (χ1n) is 6.12. The molecule has 6 heteroatoms. The minimum atomic E-state index is -0.804. The molecule has 2 rings (SSSR count). The Hall–Kier alpha value is -2.76. The number of benzene rings is 1. The van der Waals surface area contributed by atoms with E-state index in [2.05, 4.69) is 9.72 Å². The first-order chi connectivity index (χ1) is 10.2. The summed E-state index contributed by atoms with van der Waals surface area (Å²) in [4.78, 5) is 15.0. The number of methoxy groups -OCH3 is 3. The largest absolute Gasteiger partial charge is 0.514 e. The van der Waals surface area contributed by atoms with Crippen molar-refractivity contribution in [3.63, 3.8) is 0 Å². The van der Waals surface area contributed by atoms with Crippen LogP contribution < -0.4 is 14.2 Å². The van der Waals surface area contributed by atoms with E-state index in [1.165, 1.54) is 7.11 Å². The molecule has 110 valence electrons. The molecule has 0 aliphatic heterocycles. The fraction of sp³-hybridized carbons (Fsp3) is 0.200. The standard InChI is InChI=1S/C15H15NO5/c1-18-12-6-4-10(8-13(12)19-2)11-5-7-14(16-9-11)21-15(17)20-3/h4-9H,1-3H3. The van der Waals surface area contributed by atoms with Gasteiger partial charge in [-0.2, -0.15) is 0 Å². The molecule has 0 saturated heterocycles. The fourth-order valence-electron chi connectivity index (χ4n) is 1.75. The monoisotopic (exact) mass is 289 g/mol. The molecule has 0 spiro atoms. The van der Waals surface area contributed by atoms with E-state index in [0.29, 0.717) is 11.5 Å². The van der Waals surface area contributed by atoms with E-state index in [4.69, 9.17) is 14.2 Å². The Morgan fingerprint density at radius 3 is 2.24 bits per heavy atom. The van der Waals surface area contributed by atoms with Crippen LogP contribution in [0.1, 0.15) is 0 Å². The maximum absolute atomic E-state index is 11.0. The molecular formula is C15H15NO5. The molecule has 0 N–H and O–H groups in total. The quantitative estimate of drug-likeness (QED) is 0.806. The maximum atomic E-state index is 11.0. The smallest absolute Gasteiger partial charge is 0.493 e. The highest BCUT2D eigenvalue weighted by molar-refractivity contribution is 5.67. The van der Waals surface area contributed by atoms with Crippen molar-refractivity contribution < 1.29 is 23.7 Å². The summed E-state index contributed by atoms with van der Waals surface area (Å²) >= 11 is 0. The van der Waals surface area contributed by atoms with Crippen LogP contribution in [-0.2, 0) is 4.74 Å². The van der Waals surface area contributed by atoms with E-state index >= 15 is 0 Å². The van der Waals surface area contributed by atoms with Gasteiger partial charge >= 0.3 is 6.16 Å². The van der Waals surface area contributed by atoms with Gasteiger partial charge in [-0.1, -0.05) is 6.07 Å². The molecule has 0 atom stereocenters. The minimum Gasteiger partial charge on any atom is -0.493 e. The summed E-state index contributed by atoms with van der Waals surface area (Å²) in [5.41, 5.74) is 1.76. The number of ether oxygens (including phenoxy) is 4. The molecule has 2 aromatic rings. The van der Waals surface area contributed by atoms with E-state index < -0.39 is 6.16 Å². The van der Waals surface area contributed by atoms with Gasteiger partial charge in [0.15, 0.2) is 11.5 Å². The average Bonchev–Trinajstić information content (AvgIpc) is 2.54. The van der Waals surface area contributed by atoms with E-state index in [1.54, 1.807) is 32.5 Å². The van der Waals surface area contributed by atoms with Crippen LogP contribution >= 0.6 is 0 Å². The Bertz CT molecular complexity index is 624. The molecule has 21 heavy (non-hydrogen) atoms. The lowest BCUT2D eigenvalue weighted by Gasteiger charge is -2.09. The van der Waals surface area contributed by atoms with Crippen LogP contribution in [0.3, 0.4) is 0 Å². The van der Waals surface area contributed by atoms with Gasteiger partial charge in [0.25, 0.3) is 0 Å². The molecule has 0 aliphatic rings. The molecule has 0 saturated carbocycles. The Morgan fingerprint density at radius 2 is 1.67 bits per heavy atom. The fourth-order valence-corrected chi connectivity index (χ4v) is 1.75. The summed E-state index contributed by atoms with van der Waals surface area (Å²) in [6.45, 7) is 0. The Morgan fingerprint density at radius 1 is 0.952 bits per heavy atom. The lowest BCUT2D eigenvalue weighted by Crippen LogP contribution is -2.08. The zero-order valence-corrected chi connectivity index (χ0v) is 12.0. The Labute approximate surface area is 122 Å². The van der Waals surface area contributed by atoms with Gasteiger partial charge in [0.05, 0.1) is 21.3 Å². The molecule has 1 aromatic carbocycles. The molecule has 0 unspecified atom stereocenters. The average molecular weight is 289 g/mol. The number of rotatable bonds is 4. The number of carbonyl (C=O) groups is 1. The molecule has 0 radical (unpaired) electrons. The van der Waals surface area contributed by atoms with Gasteiger partial charge in [0.2, 0.25) is 5.88 Å². The number of nitrogens with zero attached hydrogens (tertiary/aromatic N) is 1. The molecule has 1 aromatic heterocycles. The van der Waals surface area contributed by atoms with Crippen LogP contribution in [0.4, 0.5) is 4.79 Å². The van der Waals surface area contributed by atoms with Gasteiger partial charge in [-0.05, 0) is 23.8 Å². The van der Waals surface area contributed by atoms with Crippen molar-refractivity contribution in [1.82, 2.24) is 4.98 Å². The zero-order chi connectivity index (χ0) is 15.2. The second-order valence-electron chi connectivity index (χ2n) is 4.01. The summed E-state index contributed by atoms with van der Waals surface area (Å²) < 4.78 is 19.7. The van der Waals surface area contributed by atoms with Crippen molar-refractivity contribution in [2.45, 2.75) is 0 Å². The third-order valence-corrected chi connectivity index (χ3v) is 2.81. The summed E-state index contributed by atoms with van der Waals surface area (Å²) in [5.74, 6) is 1.45. The zero-order valence-electron chi connectivity index (χ0n) is 12.0. The highest BCUT2D eigenvalue weighted by Crippen LogP contribution is 2.32. The van der Waals surface area contributed by atoms with Crippen LogP contribution in [0.2, 0.25) is 0 Å². The van der Waals surface area contributed by atoms with Crippen molar-refractivity contribution in [2.75, 3.05) is 21.3 Å². The molecule has 0 amide bonds. The molecule has 1 heterocycles. The number of hydrogen-bond donors (Lipinski definition) is 0. The Kier molecular flexibility index (Phi) is 4.61. The van der Waals surface area contributed by atoms with Gasteiger partial charge in [-0.25, -0.2) is 9.78 Å². The summed E-state index contributed by atoms with van der Waals surface area (Å²) in [5, 5.41) is 0. The van der Waals surface area contributed by atoms with Crippen molar-refractivity contribution in [3.8, 4) is 28.5 Å². The van der Waals surface area contributed by atoms with Crippen molar-refractivity contribution in [1.29, 1.82) is 0 Å². The molecule has 0 bridgehead atoms.